The fraction of sp³-hybridized carbons (Fsp3) is 0.714. The molecule has 0 radical (unpaired) electrons. The van der Waals surface area contributed by atoms with Gasteiger partial charge in [0.05, 0.1) is 11.5 Å². The fourth-order valence-electron chi connectivity index (χ4n) is 2.50. The summed E-state index contributed by atoms with van der Waals surface area (Å²) in [6, 6.07) is 4.81. The summed E-state index contributed by atoms with van der Waals surface area (Å²) in [6.07, 6.45) is 0.892. The minimum Gasteiger partial charge on any atom is -0.312 e. The van der Waals surface area contributed by atoms with Crippen molar-refractivity contribution in [2.75, 3.05) is 24.6 Å². The lowest BCUT2D eigenvalue weighted by Crippen LogP contribution is -2.46. The molecule has 1 aromatic heterocycles. The number of nitrogens with one attached hydrogen (secondary N) is 1. The third-order valence-corrected chi connectivity index (χ3v) is 6.33. The second-order valence-electron chi connectivity index (χ2n) is 5.70. The zero-order chi connectivity index (χ0) is 14.6. The van der Waals surface area contributed by atoms with E-state index in [0.717, 1.165) is 19.5 Å². The fourth-order valence-corrected chi connectivity index (χ4v) is 4.72. The quantitative estimate of drug-likeness (QED) is 0.868. The van der Waals surface area contributed by atoms with Crippen LogP contribution in [-0.4, -0.2) is 50.0 Å². The first-order valence-electron chi connectivity index (χ1n) is 7.16. The van der Waals surface area contributed by atoms with Gasteiger partial charge in [0.25, 0.3) is 0 Å². The molecule has 2 heterocycles. The lowest BCUT2D eigenvalue weighted by molar-refractivity contribution is 0.204. The molecule has 1 saturated heterocycles. The Morgan fingerprint density at radius 1 is 1.50 bits per heavy atom. The van der Waals surface area contributed by atoms with Gasteiger partial charge in [0.1, 0.15) is 0 Å². The Morgan fingerprint density at radius 3 is 2.90 bits per heavy atom. The molecule has 0 bridgehead atoms. The molecule has 0 aromatic carbocycles. The summed E-state index contributed by atoms with van der Waals surface area (Å²) < 4.78 is 23.3. The number of nitrogens with zero attached hydrogens (tertiary/aromatic N) is 1. The largest absolute Gasteiger partial charge is 0.312 e. The van der Waals surface area contributed by atoms with Gasteiger partial charge < -0.3 is 5.32 Å². The van der Waals surface area contributed by atoms with Gasteiger partial charge in [-0.15, -0.1) is 11.3 Å². The molecule has 1 unspecified atom stereocenters. The molecule has 1 aromatic rings. The molecule has 1 aliphatic rings. The van der Waals surface area contributed by atoms with Gasteiger partial charge in [0.2, 0.25) is 0 Å². The van der Waals surface area contributed by atoms with Gasteiger partial charge >= 0.3 is 0 Å². The molecule has 2 rings (SSSR count). The molecule has 0 spiro atoms. The van der Waals surface area contributed by atoms with Crippen LogP contribution in [0.3, 0.4) is 0 Å². The van der Waals surface area contributed by atoms with E-state index in [2.05, 4.69) is 41.6 Å². The minimum absolute atomic E-state index is 0.110. The zero-order valence-corrected chi connectivity index (χ0v) is 13.8. The van der Waals surface area contributed by atoms with Crippen LogP contribution in [0.15, 0.2) is 17.5 Å². The molecule has 0 amide bonds. The third kappa shape index (κ3) is 4.84. The molecule has 20 heavy (non-hydrogen) atoms. The smallest absolute Gasteiger partial charge is 0.153 e. The average Bonchev–Trinajstić information content (AvgIpc) is 2.85. The molecule has 1 aliphatic heterocycles. The SMILES string of the molecule is CC(C)N(CCC1CS(=O)(=O)CCN1)Cc1cccs1. The van der Waals surface area contributed by atoms with Crippen LogP contribution >= 0.6 is 11.3 Å². The lowest BCUT2D eigenvalue weighted by atomic mass is 10.2. The van der Waals surface area contributed by atoms with Crippen molar-refractivity contribution in [1.82, 2.24) is 10.2 Å². The summed E-state index contributed by atoms with van der Waals surface area (Å²) in [5, 5.41) is 5.42. The van der Waals surface area contributed by atoms with Crippen molar-refractivity contribution < 1.29 is 8.42 Å². The molecule has 6 heteroatoms. The maximum absolute atomic E-state index is 11.6. The van der Waals surface area contributed by atoms with E-state index in [1.54, 1.807) is 11.3 Å². The van der Waals surface area contributed by atoms with Crippen LogP contribution in [0.25, 0.3) is 0 Å². The maximum atomic E-state index is 11.6. The van der Waals surface area contributed by atoms with Gasteiger partial charge in [-0.05, 0) is 31.7 Å². The molecule has 0 aliphatic carbocycles. The van der Waals surface area contributed by atoms with E-state index in [0.29, 0.717) is 12.6 Å². The van der Waals surface area contributed by atoms with Crippen molar-refractivity contribution in [3.05, 3.63) is 22.4 Å². The highest BCUT2D eigenvalue weighted by molar-refractivity contribution is 7.91. The topological polar surface area (TPSA) is 49.4 Å². The Kier molecular flexibility index (Phi) is 5.60. The lowest BCUT2D eigenvalue weighted by Gasteiger charge is -2.30. The highest BCUT2D eigenvalue weighted by atomic mass is 32.2. The average molecular weight is 316 g/mol. The Labute approximate surface area is 126 Å². The van der Waals surface area contributed by atoms with E-state index in [9.17, 15) is 8.42 Å². The zero-order valence-electron chi connectivity index (χ0n) is 12.2. The van der Waals surface area contributed by atoms with Crippen molar-refractivity contribution in [3.8, 4) is 0 Å². The van der Waals surface area contributed by atoms with Crippen molar-refractivity contribution in [2.45, 2.75) is 38.9 Å². The maximum Gasteiger partial charge on any atom is 0.153 e. The van der Waals surface area contributed by atoms with Gasteiger partial charge in [0, 0.05) is 36.6 Å². The molecule has 0 saturated carbocycles. The summed E-state index contributed by atoms with van der Waals surface area (Å²) in [4.78, 5) is 3.78. The van der Waals surface area contributed by atoms with Gasteiger partial charge in [-0.1, -0.05) is 6.07 Å². The van der Waals surface area contributed by atoms with Crippen molar-refractivity contribution in [1.29, 1.82) is 0 Å². The Balaban J connectivity index is 1.86. The van der Waals surface area contributed by atoms with Crippen LogP contribution in [-0.2, 0) is 16.4 Å². The highest BCUT2D eigenvalue weighted by Crippen LogP contribution is 2.15. The van der Waals surface area contributed by atoms with E-state index < -0.39 is 9.84 Å². The number of thiophene rings is 1. The van der Waals surface area contributed by atoms with E-state index in [-0.39, 0.29) is 17.5 Å². The molecule has 114 valence electrons. The van der Waals surface area contributed by atoms with Gasteiger partial charge in [-0.3, -0.25) is 4.90 Å². The Bertz CT molecular complexity index is 497. The van der Waals surface area contributed by atoms with Crippen LogP contribution in [0, 0.1) is 0 Å². The van der Waals surface area contributed by atoms with Gasteiger partial charge in [-0.2, -0.15) is 0 Å². The first-order chi connectivity index (χ1) is 9.46. The summed E-state index contributed by atoms with van der Waals surface area (Å²) >= 11 is 1.78. The highest BCUT2D eigenvalue weighted by Gasteiger charge is 2.24. The summed E-state index contributed by atoms with van der Waals surface area (Å²) in [6.45, 7) is 6.87. The van der Waals surface area contributed by atoms with E-state index in [4.69, 9.17) is 0 Å². The monoisotopic (exact) mass is 316 g/mol. The second kappa shape index (κ2) is 7.02. The number of rotatable bonds is 6. The predicted octanol–water partition coefficient (Wildman–Crippen LogP) is 1.74. The van der Waals surface area contributed by atoms with Crippen molar-refractivity contribution in [3.63, 3.8) is 0 Å². The first-order valence-corrected chi connectivity index (χ1v) is 9.86. The number of hydrogen-bond acceptors (Lipinski definition) is 5. The molecule has 1 atom stereocenters. The molecular formula is C14H24N2O2S2. The molecule has 1 N–H and O–H groups in total. The molecular weight excluding hydrogens is 292 g/mol. The summed E-state index contributed by atoms with van der Waals surface area (Å²) in [5.74, 6) is 0.574. The Morgan fingerprint density at radius 2 is 2.30 bits per heavy atom. The van der Waals surface area contributed by atoms with Crippen LogP contribution in [0.5, 0.6) is 0 Å². The Hall–Kier alpha value is -0.430. The normalized spacial score (nSPS) is 22.5. The van der Waals surface area contributed by atoms with Crippen LogP contribution in [0.4, 0.5) is 0 Å². The standard InChI is InChI=1S/C14H24N2O2S2/c1-12(2)16(10-14-4-3-8-19-14)7-5-13-11-20(17,18)9-6-15-13/h3-4,8,12-13,15H,5-7,9-11H2,1-2H3. The minimum atomic E-state index is -2.83. The number of sulfone groups is 1. The number of hydrogen-bond donors (Lipinski definition) is 1. The van der Waals surface area contributed by atoms with E-state index in [1.807, 2.05) is 0 Å². The second-order valence-corrected chi connectivity index (χ2v) is 8.96. The van der Waals surface area contributed by atoms with Crippen LogP contribution in [0.2, 0.25) is 0 Å². The van der Waals surface area contributed by atoms with E-state index >= 15 is 0 Å². The van der Waals surface area contributed by atoms with Gasteiger partial charge in [0.15, 0.2) is 9.84 Å². The first kappa shape index (κ1) is 15.9. The van der Waals surface area contributed by atoms with Crippen molar-refractivity contribution >= 4 is 21.2 Å². The molecule has 1 fully saturated rings. The summed E-state index contributed by atoms with van der Waals surface area (Å²) in [5.41, 5.74) is 0. The van der Waals surface area contributed by atoms with Crippen LogP contribution in [0.1, 0.15) is 25.1 Å². The van der Waals surface area contributed by atoms with E-state index in [1.165, 1.54) is 4.88 Å². The predicted molar refractivity (Wildman–Crippen MR) is 84.9 cm³/mol. The molecule has 4 nitrogen and oxygen atoms in total. The van der Waals surface area contributed by atoms with Gasteiger partial charge in [-0.25, -0.2) is 8.42 Å². The third-order valence-electron chi connectivity index (χ3n) is 3.74. The summed E-state index contributed by atoms with van der Waals surface area (Å²) in [7, 11) is -2.83. The van der Waals surface area contributed by atoms with Crippen LogP contribution < -0.4 is 5.32 Å². The van der Waals surface area contributed by atoms with Crippen molar-refractivity contribution in [2.24, 2.45) is 0 Å².